The number of sulfonamides is 1. The van der Waals surface area contributed by atoms with Crippen LogP contribution in [0.3, 0.4) is 0 Å². The van der Waals surface area contributed by atoms with Gasteiger partial charge in [0.2, 0.25) is 15.8 Å². The van der Waals surface area contributed by atoms with E-state index in [0.29, 0.717) is 0 Å². The second-order valence-electron chi connectivity index (χ2n) is 5.80. The highest BCUT2D eigenvalue weighted by molar-refractivity contribution is 7.89. The monoisotopic (exact) mass is 449 g/mol. The van der Waals surface area contributed by atoms with Gasteiger partial charge in [-0.25, -0.2) is 35.8 Å². The molecule has 0 saturated carbocycles. The van der Waals surface area contributed by atoms with Crippen LogP contribution in [0.5, 0.6) is 0 Å². The van der Waals surface area contributed by atoms with E-state index in [1.165, 1.54) is 22.5 Å². The highest BCUT2D eigenvalue weighted by Gasteiger charge is 2.25. The van der Waals surface area contributed by atoms with Gasteiger partial charge in [0, 0.05) is 18.7 Å². The average Bonchev–Trinajstić information content (AvgIpc) is 2.74. The van der Waals surface area contributed by atoms with E-state index in [-0.39, 0.29) is 29.8 Å². The maximum atomic E-state index is 13.6. The van der Waals surface area contributed by atoms with Crippen molar-refractivity contribution in [2.45, 2.75) is 18.7 Å². The lowest BCUT2D eigenvalue weighted by Gasteiger charge is -2.18. The summed E-state index contributed by atoms with van der Waals surface area (Å²) in [5, 5.41) is 3.19. The standard InChI is InChI=1S/C18H16F5N3O3S/c1-3-26(4-2)30(28,29)11-7-5-6-10(8-11)18(27)25-24-9-12-13(19)15(21)17(23)16(22)14(12)20/h5-9H,3-4H2,1-2H3,(H,25,27). The third-order valence-electron chi connectivity index (χ3n) is 4.04. The highest BCUT2D eigenvalue weighted by atomic mass is 32.2. The SMILES string of the molecule is CCN(CC)S(=O)(=O)c1cccc(C(=O)NN=Cc2c(F)c(F)c(F)c(F)c2F)c1. The summed E-state index contributed by atoms with van der Waals surface area (Å²) in [4.78, 5) is 12.0. The van der Waals surface area contributed by atoms with Crippen LogP contribution in [0.25, 0.3) is 0 Å². The molecule has 0 unspecified atom stereocenters. The van der Waals surface area contributed by atoms with E-state index in [0.717, 1.165) is 6.07 Å². The lowest BCUT2D eigenvalue weighted by Crippen LogP contribution is -2.30. The Morgan fingerprint density at radius 2 is 1.53 bits per heavy atom. The second-order valence-corrected chi connectivity index (χ2v) is 7.74. The molecule has 30 heavy (non-hydrogen) atoms. The number of amides is 1. The Balaban J connectivity index is 2.27. The van der Waals surface area contributed by atoms with Gasteiger partial charge in [-0.3, -0.25) is 4.79 Å². The molecule has 12 heteroatoms. The van der Waals surface area contributed by atoms with Crippen LogP contribution in [0.15, 0.2) is 34.3 Å². The number of halogens is 5. The lowest BCUT2D eigenvalue weighted by atomic mass is 10.2. The summed E-state index contributed by atoms with van der Waals surface area (Å²) in [6.07, 6.45) is 0.255. The molecule has 0 fully saturated rings. The number of benzene rings is 2. The van der Waals surface area contributed by atoms with E-state index in [4.69, 9.17) is 0 Å². The molecule has 0 radical (unpaired) electrons. The molecular formula is C18H16F5N3O3S. The van der Waals surface area contributed by atoms with Crippen molar-refractivity contribution in [3.8, 4) is 0 Å². The molecule has 0 aliphatic heterocycles. The fraction of sp³-hybridized carbons (Fsp3) is 0.222. The van der Waals surface area contributed by atoms with Gasteiger partial charge >= 0.3 is 0 Å². The minimum Gasteiger partial charge on any atom is -0.267 e. The summed E-state index contributed by atoms with van der Waals surface area (Å²) in [7, 11) is -3.85. The Morgan fingerprint density at radius 1 is 1.00 bits per heavy atom. The number of carbonyl (C=O) groups is 1. The minimum absolute atomic E-state index is 0.155. The molecule has 2 aromatic rings. The fourth-order valence-electron chi connectivity index (χ4n) is 2.47. The van der Waals surface area contributed by atoms with Gasteiger partial charge in [0.1, 0.15) is 0 Å². The number of hydrazone groups is 1. The van der Waals surface area contributed by atoms with Crippen LogP contribution in [-0.4, -0.2) is 37.9 Å². The van der Waals surface area contributed by atoms with Crippen LogP contribution < -0.4 is 5.43 Å². The Morgan fingerprint density at radius 3 is 2.07 bits per heavy atom. The van der Waals surface area contributed by atoms with E-state index >= 15 is 0 Å². The summed E-state index contributed by atoms with van der Waals surface area (Å²) in [6.45, 7) is 3.71. The van der Waals surface area contributed by atoms with Gasteiger partial charge in [-0.1, -0.05) is 19.9 Å². The Bertz CT molecular complexity index is 1070. The number of carbonyl (C=O) groups excluding carboxylic acids is 1. The van der Waals surface area contributed by atoms with E-state index in [1.54, 1.807) is 13.8 Å². The molecule has 162 valence electrons. The van der Waals surface area contributed by atoms with Gasteiger partial charge in [0.25, 0.3) is 5.91 Å². The molecule has 0 aromatic heterocycles. The topological polar surface area (TPSA) is 78.8 Å². The number of hydrogen-bond acceptors (Lipinski definition) is 4. The molecular weight excluding hydrogens is 433 g/mol. The van der Waals surface area contributed by atoms with Crippen molar-refractivity contribution >= 4 is 22.1 Å². The second kappa shape index (κ2) is 9.30. The first-order chi connectivity index (χ1) is 14.1. The summed E-state index contributed by atoms with van der Waals surface area (Å²) in [5.41, 5.74) is 0.344. The zero-order valence-corrected chi connectivity index (χ0v) is 16.5. The van der Waals surface area contributed by atoms with Crippen LogP contribution in [0, 0.1) is 29.1 Å². The van der Waals surface area contributed by atoms with Gasteiger partial charge < -0.3 is 0 Å². The molecule has 1 N–H and O–H groups in total. The van der Waals surface area contributed by atoms with E-state index < -0.39 is 50.6 Å². The van der Waals surface area contributed by atoms with Crippen LogP contribution in [0.4, 0.5) is 22.0 Å². The quantitative estimate of drug-likeness (QED) is 0.232. The maximum Gasteiger partial charge on any atom is 0.271 e. The van der Waals surface area contributed by atoms with E-state index in [9.17, 15) is 35.2 Å². The normalized spacial score (nSPS) is 12.0. The molecule has 0 aliphatic rings. The number of rotatable bonds is 7. The maximum absolute atomic E-state index is 13.6. The molecule has 2 aromatic carbocycles. The fourth-order valence-corrected chi connectivity index (χ4v) is 3.97. The van der Waals surface area contributed by atoms with Crippen LogP contribution in [0.2, 0.25) is 0 Å². The predicted molar refractivity (Wildman–Crippen MR) is 97.8 cm³/mol. The van der Waals surface area contributed by atoms with Gasteiger partial charge in [0.05, 0.1) is 16.7 Å². The summed E-state index contributed by atoms with van der Waals surface area (Å²) >= 11 is 0. The van der Waals surface area contributed by atoms with Gasteiger partial charge in [-0.05, 0) is 18.2 Å². The third-order valence-corrected chi connectivity index (χ3v) is 6.09. The number of hydrogen-bond donors (Lipinski definition) is 1. The summed E-state index contributed by atoms with van der Waals surface area (Å²) < 4.78 is 92.7. The molecule has 0 spiro atoms. The zero-order chi connectivity index (χ0) is 22.6. The number of nitrogens with zero attached hydrogens (tertiary/aromatic N) is 2. The van der Waals surface area contributed by atoms with Crippen molar-refractivity contribution in [3.05, 3.63) is 64.5 Å². The lowest BCUT2D eigenvalue weighted by molar-refractivity contribution is 0.0955. The van der Waals surface area contributed by atoms with Crippen molar-refractivity contribution < 1.29 is 35.2 Å². The first-order valence-electron chi connectivity index (χ1n) is 8.51. The smallest absolute Gasteiger partial charge is 0.267 e. The largest absolute Gasteiger partial charge is 0.271 e. The molecule has 2 rings (SSSR count). The van der Waals surface area contributed by atoms with Crippen LogP contribution >= 0.6 is 0 Å². The van der Waals surface area contributed by atoms with E-state index in [1.807, 2.05) is 5.43 Å². The molecule has 6 nitrogen and oxygen atoms in total. The van der Waals surface area contributed by atoms with Crippen LogP contribution in [0.1, 0.15) is 29.8 Å². The molecule has 0 saturated heterocycles. The molecule has 1 amide bonds. The summed E-state index contributed by atoms with van der Waals surface area (Å²) in [5.74, 6) is -11.8. The van der Waals surface area contributed by atoms with Crippen molar-refractivity contribution in [2.75, 3.05) is 13.1 Å². The molecule has 0 bridgehead atoms. The Hall–Kier alpha value is -2.86. The van der Waals surface area contributed by atoms with Gasteiger partial charge in [0.15, 0.2) is 23.3 Å². The number of nitrogens with one attached hydrogen (secondary N) is 1. The Kier molecular flexibility index (Phi) is 7.26. The first-order valence-corrected chi connectivity index (χ1v) is 9.95. The summed E-state index contributed by atoms with van der Waals surface area (Å²) in [6, 6.07) is 4.91. The van der Waals surface area contributed by atoms with Crippen molar-refractivity contribution in [3.63, 3.8) is 0 Å². The first kappa shape index (κ1) is 23.4. The molecule has 0 atom stereocenters. The van der Waals surface area contributed by atoms with Crippen molar-refractivity contribution in [1.82, 2.24) is 9.73 Å². The van der Waals surface area contributed by atoms with Crippen molar-refractivity contribution in [1.29, 1.82) is 0 Å². The Labute approximate surface area is 169 Å². The molecule has 0 aliphatic carbocycles. The third kappa shape index (κ3) is 4.49. The zero-order valence-electron chi connectivity index (χ0n) is 15.7. The van der Waals surface area contributed by atoms with E-state index in [2.05, 4.69) is 5.10 Å². The van der Waals surface area contributed by atoms with Crippen molar-refractivity contribution in [2.24, 2.45) is 5.10 Å². The highest BCUT2D eigenvalue weighted by Crippen LogP contribution is 2.21. The van der Waals surface area contributed by atoms with Gasteiger partial charge in [-0.15, -0.1) is 0 Å². The minimum atomic E-state index is -3.85. The van der Waals surface area contributed by atoms with Crippen LogP contribution in [-0.2, 0) is 10.0 Å². The van der Waals surface area contributed by atoms with Gasteiger partial charge in [-0.2, -0.15) is 9.41 Å². The molecule has 0 heterocycles. The predicted octanol–water partition coefficient (Wildman–Crippen LogP) is 3.18. The average molecular weight is 449 g/mol.